The van der Waals surface area contributed by atoms with Crippen molar-refractivity contribution in [2.45, 2.75) is 39.8 Å². The van der Waals surface area contributed by atoms with Crippen LogP contribution in [0.4, 0.5) is 0 Å². The van der Waals surface area contributed by atoms with Crippen LogP contribution in [0.1, 0.15) is 35.8 Å². The second-order valence-corrected chi connectivity index (χ2v) is 7.19. The lowest BCUT2D eigenvalue weighted by Gasteiger charge is -2.26. The summed E-state index contributed by atoms with van der Waals surface area (Å²) in [4.78, 5) is 25.5. The van der Waals surface area contributed by atoms with Crippen LogP contribution in [0.15, 0.2) is 44.2 Å². The standard InChI is InChI=1S/C22H23NO6/c1-3-26-20(24)9-7-17-14(2)16-6-8-19-18(21(16)29-22(17)25)12-23(13-28-19)11-15-5-4-10-27-15/h4-6,8,10H,3,7,9,11-13H2,1-2H3/p+1. The molecule has 0 aliphatic carbocycles. The molecule has 0 saturated carbocycles. The van der Waals surface area contributed by atoms with Crippen molar-refractivity contribution < 1.29 is 28.0 Å². The predicted octanol–water partition coefficient (Wildman–Crippen LogP) is 2.13. The highest BCUT2D eigenvalue weighted by Crippen LogP contribution is 2.31. The van der Waals surface area contributed by atoms with Crippen molar-refractivity contribution in [3.8, 4) is 5.75 Å². The third kappa shape index (κ3) is 3.91. The highest BCUT2D eigenvalue weighted by atomic mass is 16.5. The molecule has 152 valence electrons. The Hall–Kier alpha value is -3.06. The van der Waals surface area contributed by atoms with Crippen molar-refractivity contribution in [2.75, 3.05) is 13.3 Å². The van der Waals surface area contributed by atoms with Crippen molar-refractivity contribution in [1.29, 1.82) is 0 Å². The zero-order valence-electron chi connectivity index (χ0n) is 16.6. The lowest BCUT2D eigenvalue weighted by Crippen LogP contribution is -3.10. The summed E-state index contributed by atoms with van der Waals surface area (Å²) in [5.41, 5.74) is 2.38. The molecule has 0 radical (unpaired) electrons. The maximum Gasteiger partial charge on any atom is 0.339 e. The maximum atomic E-state index is 12.7. The summed E-state index contributed by atoms with van der Waals surface area (Å²) in [6.07, 6.45) is 2.11. The highest BCUT2D eigenvalue weighted by molar-refractivity contribution is 5.86. The van der Waals surface area contributed by atoms with Gasteiger partial charge in [-0.25, -0.2) is 4.79 Å². The number of furan rings is 1. The summed E-state index contributed by atoms with van der Waals surface area (Å²) in [6.45, 7) is 5.84. The Kier molecular flexibility index (Phi) is 5.40. The third-order valence-electron chi connectivity index (χ3n) is 5.26. The molecule has 0 amide bonds. The predicted molar refractivity (Wildman–Crippen MR) is 105 cm³/mol. The summed E-state index contributed by atoms with van der Waals surface area (Å²) in [6, 6.07) is 7.64. The first-order valence-corrected chi connectivity index (χ1v) is 9.79. The highest BCUT2D eigenvalue weighted by Gasteiger charge is 2.26. The number of carbonyl (C=O) groups excluding carboxylic acids is 1. The molecule has 3 aromatic rings. The van der Waals surface area contributed by atoms with Gasteiger partial charge in [-0.15, -0.1) is 0 Å². The van der Waals surface area contributed by atoms with E-state index in [4.69, 9.17) is 18.3 Å². The number of ether oxygens (including phenoxy) is 2. The summed E-state index contributed by atoms with van der Waals surface area (Å²) in [7, 11) is 0. The number of rotatable bonds is 6. The van der Waals surface area contributed by atoms with Crippen molar-refractivity contribution in [3.63, 3.8) is 0 Å². The molecule has 3 heterocycles. The quantitative estimate of drug-likeness (QED) is 0.506. The summed E-state index contributed by atoms with van der Waals surface area (Å²) < 4.78 is 22.0. The van der Waals surface area contributed by atoms with Crippen molar-refractivity contribution in [2.24, 2.45) is 0 Å². The van der Waals surface area contributed by atoms with Gasteiger partial charge in [-0.3, -0.25) is 9.69 Å². The van der Waals surface area contributed by atoms with E-state index >= 15 is 0 Å². The van der Waals surface area contributed by atoms with E-state index in [0.29, 0.717) is 44.0 Å². The van der Waals surface area contributed by atoms with E-state index in [1.165, 1.54) is 0 Å². The topological polar surface area (TPSA) is 83.3 Å². The van der Waals surface area contributed by atoms with E-state index in [1.54, 1.807) is 13.2 Å². The van der Waals surface area contributed by atoms with Crippen LogP contribution in [0.2, 0.25) is 0 Å². The number of benzene rings is 1. The smallest absolute Gasteiger partial charge is 0.339 e. The number of esters is 1. The molecule has 7 nitrogen and oxygen atoms in total. The molecule has 4 rings (SSSR count). The largest absolute Gasteiger partial charge is 0.466 e. The first-order valence-electron chi connectivity index (χ1n) is 9.79. The van der Waals surface area contributed by atoms with Crippen LogP contribution in [0.25, 0.3) is 11.0 Å². The van der Waals surface area contributed by atoms with Crippen LogP contribution in [-0.2, 0) is 29.0 Å². The van der Waals surface area contributed by atoms with Crippen molar-refractivity contribution in [1.82, 2.24) is 0 Å². The second-order valence-electron chi connectivity index (χ2n) is 7.19. The Morgan fingerprint density at radius 1 is 1.28 bits per heavy atom. The minimum atomic E-state index is -0.411. The van der Waals surface area contributed by atoms with Gasteiger partial charge < -0.3 is 18.3 Å². The summed E-state index contributed by atoms with van der Waals surface area (Å²) in [5, 5.41) is 0.866. The normalized spacial score (nSPS) is 15.7. The van der Waals surface area contributed by atoms with E-state index in [1.807, 2.05) is 31.2 Å². The Labute approximate surface area is 167 Å². The van der Waals surface area contributed by atoms with Gasteiger partial charge in [-0.1, -0.05) is 0 Å². The van der Waals surface area contributed by atoms with Crippen LogP contribution >= 0.6 is 0 Å². The Bertz CT molecular complexity index is 1080. The van der Waals surface area contributed by atoms with Gasteiger partial charge in [0.2, 0.25) is 6.73 Å². The van der Waals surface area contributed by atoms with Gasteiger partial charge in [0, 0.05) is 17.4 Å². The van der Waals surface area contributed by atoms with Gasteiger partial charge in [-0.2, -0.15) is 0 Å². The molecule has 0 bridgehead atoms. The fraction of sp³-hybridized carbons (Fsp3) is 0.364. The van der Waals surface area contributed by atoms with Crippen LogP contribution in [-0.4, -0.2) is 19.3 Å². The molecule has 7 heteroatoms. The molecule has 1 N–H and O–H groups in total. The number of hydrogen-bond donors (Lipinski definition) is 1. The SMILES string of the molecule is CCOC(=O)CCc1c(C)c2ccc3c(c2oc1=O)C[NH+](Cc1ccco1)CO3. The van der Waals surface area contributed by atoms with Crippen LogP contribution in [0.3, 0.4) is 0 Å². The maximum absolute atomic E-state index is 12.7. The third-order valence-corrected chi connectivity index (χ3v) is 5.26. The van der Waals surface area contributed by atoms with Crippen LogP contribution < -0.4 is 15.3 Å². The molecular weight excluding hydrogens is 374 g/mol. The Morgan fingerprint density at radius 3 is 2.90 bits per heavy atom. The molecule has 0 spiro atoms. The minimum Gasteiger partial charge on any atom is -0.466 e. The molecule has 1 aliphatic rings. The average Bonchev–Trinajstić information content (AvgIpc) is 3.21. The molecule has 0 fully saturated rings. The summed E-state index contributed by atoms with van der Waals surface area (Å²) >= 11 is 0. The minimum absolute atomic E-state index is 0.153. The lowest BCUT2D eigenvalue weighted by atomic mass is 9.99. The number of carbonyl (C=O) groups is 1. The number of quaternary nitrogens is 1. The lowest BCUT2D eigenvalue weighted by molar-refractivity contribution is -0.946. The molecular formula is C22H24NO6+. The van der Waals surface area contributed by atoms with E-state index in [0.717, 1.165) is 32.9 Å². The Balaban J connectivity index is 1.65. The molecule has 2 aromatic heterocycles. The van der Waals surface area contributed by atoms with Gasteiger partial charge in [-0.05, 0) is 50.1 Å². The zero-order valence-corrected chi connectivity index (χ0v) is 16.6. The monoisotopic (exact) mass is 398 g/mol. The van der Waals surface area contributed by atoms with Gasteiger partial charge in [0.05, 0.1) is 18.4 Å². The fourth-order valence-electron chi connectivity index (χ4n) is 3.80. The molecule has 1 aromatic carbocycles. The van der Waals surface area contributed by atoms with E-state index < -0.39 is 5.63 Å². The number of fused-ring (bicyclic) bond motifs is 3. The van der Waals surface area contributed by atoms with Gasteiger partial charge in [0.25, 0.3) is 0 Å². The second kappa shape index (κ2) is 8.13. The van der Waals surface area contributed by atoms with Gasteiger partial charge in [0.15, 0.2) is 11.3 Å². The average molecular weight is 398 g/mol. The van der Waals surface area contributed by atoms with E-state index in [2.05, 4.69) is 0 Å². The van der Waals surface area contributed by atoms with Crippen molar-refractivity contribution in [3.05, 3.63) is 63.4 Å². The van der Waals surface area contributed by atoms with E-state index in [9.17, 15) is 9.59 Å². The molecule has 0 saturated heterocycles. The number of aryl methyl sites for hydroxylation is 1. The zero-order chi connectivity index (χ0) is 20.4. The number of hydrogen-bond acceptors (Lipinski definition) is 6. The summed E-state index contributed by atoms with van der Waals surface area (Å²) in [5.74, 6) is 1.30. The Morgan fingerprint density at radius 2 is 2.14 bits per heavy atom. The number of nitrogens with one attached hydrogen (secondary N) is 1. The van der Waals surface area contributed by atoms with E-state index in [-0.39, 0.29) is 12.4 Å². The molecule has 1 unspecified atom stereocenters. The first kappa shape index (κ1) is 19.3. The molecule has 1 aliphatic heterocycles. The van der Waals surface area contributed by atoms with Crippen LogP contribution in [0, 0.1) is 6.92 Å². The van der Waals surface area contributed by atoms with Gasteiger partial charge >= 0.3 is 11.6 Å². The molecule has 1 atom stereocenters. The molecule has 29 heavy (non-hydrogen) atoms. The van der Waals surface area contributed by atoms with Crippen molar-refractivity contribution >= 4 is 16.9 Å². The first-order chi connectivity index (χ1) is 14.1. The van der Waals surface area contributed by atoms with Gasteiger partial charge in [0.1, 0.15) is 18.8 Å². The fourth-order valence-corrected chi connectivity index (χ4v) is 3.80. The van der Waals surface area contributed by atoms with Crippen LogP contribution in [0.5, 0.6) is 5.75 Å².